The first-order chi connectivity index (χ1) is 10.7. The highest BCUT2D eigenvalue weighted by Gasteiger charge is 2.20. The van der Waals surface area contributed by atoms with E-state index in [2.05, 4.69) is 46.6 Å². The molecule has 1 aromatic rings. The maximum atomic E-state index is 11.9. The Bertz CT molecular complexity index is 571. The van der Waals surface area contributed by atoms with Gasteiger partial charge < -0.3 is 10.6 Å². The summed E-state index contributed by atoms with van der Waals surface area (Å²) >= 11 is 0. The lowest BCUT2D eigenvalue weighted by Gasteiger charge is -2.24. The number of nitrogens with one attached hydrogen (secondary N) is 2. The van der Waals surface area contributed by atoms with E-state index in [1.807, 2.05) is 19.2 Å². The monoisotopic (exact) mass is 317 g/mol. The topological polar surface area (TPSA) is 89.9 Å². The minimum atomic E-state index is -0.707. The lowest BCUT2D eigenvalue weighted by molar-refractivity contribution is -0.122. The van der Waals surface area contributed by atoms with Crippen LogP contribution in [0, 0.1) is 0 Å². The zero-order chi connectivity index (χ0) is 17.5. The normalized spacial score (nSPS) is 11.7. The molecule has 23 heavy (non-hydrogen) atoms. The van der Waals surface area contributed by atoms with E-state index in [1.165, 1.54) is 5.56 Å². The number of hydrogen-bond acceptors (Lipinski definition) is 3. The smallest absolute Gasteiger partial charge is 0.220 e. The molecule has 6 heteroatoms. The summed E-state index contributed by atoms with van der Waals surface area (Å²) in [6.07, 6.45) is 1.11. The number of nitrogens with zero attached hydrogens (tertiary/aromatic N) is 3. The SMILES string of the molecule is CNC(C)(C)Cc1ccc(CNC(=O)CC(C)(C)N=[N+]=[N-])cc1. The molecule has 1 amide bonds. The van der Waals surface area contributed by atoms with Crippen LogP contribution in [0.25, 0.3) is 10.4 Å². The number of rotatable bonds is 8. The molecule has 0 fully saturated rings. The lowest BCUT2D eigenvalue weighted by Crippen LogP contribution is -2.38. The fraction of sp³-hybridized carbons (Fsp3) is 0.588. The Balaban J connectivity index is 2.53. The molecule has 1 rings (SSSR count). The zero-order valence-electron chi connectivity index (χ0n) is 14.7. The Kier molecular flexibility index (Phi) is 6.61. The minimum absolute atomic E-state index is 0.0581. The molecule has 0 aliphatic carbocycles. The van der Waals surface area contributed by atoms with E-state index in [4.69, 9.17) is 5.53 Å². The molecule has 0 aromatic heterocycles. The third kappa shape index (κ3) is 7.17. The fourth-order valence-electron chi connectivity index (χ4n) is 2.19. The van der Waals surface area contributed by atoms with Gasteiger partial charge in [0.05, 0.1) is 5.54 Å². The molecule has 2 N–H and O–H groups in total. The van der Waals surface area contributed by atoms with Crippen LogP contribution in [0.5, 0.6) is 0 Å². The first-order valence-corrected chi connectivity index (χ1v) is 7.77. The van der Waals surface area contributed by atoms with Crippen molar-refractivity contribution in [2.45, 2.75) is 58.2 Å². The summed E-state index contributed by atoms with van der Waals surface area (Å²) in [4.78, 5) is 14.7. The summed E-state index contributed by atoms with van der Waals surface area (Å²) in [5.41, 5.74) is 10.1. The van der Waals surface area contributed by atoms with Crippen LogP contribution in [-0.4, -0.2) is 24.0 Å². The Morgan fingerprint density at radius 2 is 1.74 bits per heavy atom. The number of azide groups is 1. The molecule has 0 unspecified atom stereocenters. The van der Waals surface area contributed by atoms with Gasteiger partial charge in [-0.25, -0.2) is 0 Å². The van der Waals surface area contributed by atoms with Crippen LogP contribution in [0.2, 0.25) is 0 Å². The molecule has 0 atom stereocenters. The Morgan fingerprint density at radius 1 is 1.17 bits per heavy atom. The molecule has 0 saturated heterocycles. The van der Waals surface area contributed by atoms with Crippen LogP contribution < -0.4 is 10.6 Å². The second-order valence-corrected chi connectivity index (χ2v) is 7.08. The van der Waals surface area contributed by atoms with E-state index in [9.17, 15) is 4.79 Å². The molecule has 0 heterocycles. The van der Waals surface area contributed by atoms with Crippen molar-refractivity contribution in [1.82, 2.24) is 10.6 Å². The van der Waals surface area contributed by atoms with Gasteiger partial charge in [-0.1, -0.05) is 43.2 Å². The van der Waals surface area contributed by atoms with Crippen molar-refractivity contribution >= 4 is 5.91 Å². The molecule has 0 aliphatic rings. The van der Waals surface area contributed by atoms with Crippen LogP contribution >= 0.6 is 0 Å². The quantitative estimate of drug-likeness (QED) is 0.437. The second kappa shape index (κ2) is 7.99. The fourth-order valence-corrected chi connectivity index (χ4v) is 2.19. The van der Waals surface area contributed by atoms with Gasteiger partial charge in [0.15, 0.2) is 0 Å². The molecule has 6 nitrogen and oxygen atoms in total. The van der Waals surface area contributed by atoms with Crippen LogP contribution in [0.4, 0.5) is 0 Å². The molecule has 0 aliphatic heterocycles. The third-order valence-corrected chi connectivity index (χ3v) is 3.74. The van der Waals surface area contributed by atoms with Gasteiger partial charge in [-0.05, 0) is 44.0 Å². The maximum Gasteiger partial charge on any atom is 0.220 e. The molecule has 0 spiro atoms. The zero-order valence-corrected chi connectivity index (χ0v) is 14.7. The van der Waals surface area contributed by atoms with Gasteiger partial charge in [0.25, 0.3) is 0 Å². The molecular formula is C17H27N5O. The van der Waals surface area contributed by atoms with Crippen molar-refractivity contribution in [3.63, 3.8) is 0 Å². The average molecular weight is 317 g/mol. The molecule has 1 aromatic carbocycles. The number of benzene rings is 1. The molecular weight excluding hydrogens is 290 g/mol. The van der Waals surface area contributed by atoms with Gasteiger partial charge in [-0.3, -0.25) is 4.79 Å². The molecule has 0 radical (unpaired) electrons. The predicted molar refractivity (Wildman–Crippen MR) is 93.0 cm³/mol. The number of amides is 1. The largest absolute Gasteiger partial charge is 0.352 e. The van der Waals surface area contributed by atoms with Gasteiger partial charge in [0.2, 0.25) is 5.91 Å². The van der Waals surface area contributed by atoms with Crippen LogP contribution in [0.3, 0.4) is 0 Å². The van der Waals surface area contributed by atoms with E-state index in [1.54, 1.807) is 13.8 Å². The van der Waals surface area contributed by atoms with Crippen molar-refractivity contribution in [2.75, 3.05) is 7.05 Å². The maximum absolute atomic E-state index is 11.9. The summed E-state index contributed by atoms with van der Waals surface area (Å²) in [5, 5.41) is 9.76. The Morgan fingerprint density at radius 3 is 2.26 bits per heavy atom. The van der Waals surface area contributed by atoms with E-state index in [0.29, 0.717) is 6.54 Å². The summed E-state index contributed by atoms with van der Waals surface area (Å²) < 4.78 is 0. The van der Waals surface area contributed by atoms with Gasteiger partial charge in [-0.15, -0.1) is 0 Å². The summed E-state index contributed by atoms with van der Waals surface area (Å²) in [6.45, 7) is 8.27. The number of hydrogen-bond donors (Lipinski definition) is 2. The molecule has 126 valence electrons. The van der Waals surface area contributed by atoms with Crippen molar-refractivity contribution in [1.29, 1.82) is 0 Å². The highest BCUT2D eigenvalue weighted by atomic mass is 16.1. The molecule has 0 saturated carbocycles. The van der Waals surface area contributed by atoms with Crippen LogP contribution in [0.15, 0.2) is 29.4 Å². The third-order valence-electron chi connectivity index (χ3n) is 3.74. The van der Waals surface area contributed by atoms with Crippen molar-refractivity contribution in [3.05, 3.63) is 45.8 Å². The second-order valence-electron chi connectivity index (χ2n) is 7.08. The van der Waals surface area contributed by atoms with Gasteiger partial charge in [0, 0.05) is 23.4 Å². The van der Waals surface area contributed by atoms with E-state index >= 15 is 0 Å². The van der Waals surface area contributed by atoms with Gasteiger partial charge in [0.1, 0.15) is 0 Å². The van der Waals surface area contributed by atoms with Crippen molar-refractivity contribution in [2.24, 2.45) is 5.11 Å². The van der Waals surface area contributed by atoms with Crippen molar-refractivity contribution < 1.29 is 4.79 Å². The first-order valence-electron chi connectivity index (χ1n) is 7.77. The van der Waals surface area contributed by atoms with E-state index < -0.39 is 5.54 Å². The minimum Gasteiger partial charge on any atom is -0.352 e. The average Bonchev–Trinajstić information content (AvgIpc) is 2.45. The van der Waals surface area contributed by atoms with Gasteiger partial charge in [-0.2, -0.15) is 0 Å². The number of likely N-dealkylation sites (N-methyl/N-ethyl adjacent to an activating group) is 1. The number of carbonyl (C=O) groups is 1. The van der Waals surface area contributed by atoms with Crippen molar-refractivity contribution in [3.8, 4) is 0 Å². The Labute approximate surface area is 138 Å². The predicted octanol–water partition coefficient (Wildman–Crippen LogP) is 3.32. The summed E-state index contributed by atoms with van der Waals surface area (Å²) in [5.74, 6) is -0.122. The van der Waals surface area contributed by atoms with E-state index in [0.717, 1.165) is 12.0 Å². The lowest BCUT2D eigenvalue weighted by atomic mass is 9.94. The first kappa shape index (κ1) is 19.0. The standard InChI is InChI=1S/C17H27N5O/c1-16(2,19-5)10-13-6-8-14(9-7-13)12-20-15(23)11-17(3,4)21-22-18/h6-9,19H,10-12H2,1-5H3,(H,20,23). The summed E-state index contributed by atoms with van der Waals surface area (Å²) in [7, 11) is 1.96. The summed E-state index contributed by atoms with van der Waals surface area (Å²) in [6, 6.07) is 8.23. The van der Waals surface area contributed by atoms with Crippen LogP contribution in [-0.2, 0) is 17.8 Å². The van der Waals surface area contributed by atoms with Gasteiger partial charge >= 0.3 is 0 Å². The van der Waals surface area contributed by atoms with E-state index in [-0.39, 0.29) is 17.9 Å². The highest BCUT2D eigenvalue weighted by molar-refractivity contribution is 5.77. The Hall–Kier alpha value is -2.04. The van der Waals surface area contributed by atoms with Crippen LogP contribution in [0.1, 0.15) is 45.2 Å². The number of carbonyl (C=O) groups excluding carboxylic acids is 1. The highest BCUT2D eigenvalue weighted by Crippen LogP contribution is 2.15. The molecule has 0 bridgehead atoms.